The fourth-order valence-corrected chi connectivity index (χ4v) is 3.26. The number of nitrogens with one attached hydrogen (secondary N) is 1. The zero-order valence-corrected chi connectivity index (χ0v) is 14.9. The van der Waals surface area contributed by atoms with Crippen molar-refractivity contribution in [1.29, 1.82) is 0 Å². The summed E-state index contributed by atoms with van der Waals surface area (Å²) in [4.78, 5) is 13.4. The van der Waals surface area contributed by atoms with Crippen LogP contribution < -0.4 is 10.1 Å². The number of amides is 1. The van der Waals surface area contributed by atoms with Crippen LogP contribution in [0.5, 0.6) is 5.75 Å². The summed E-state index contributed by atoms with van der Waals surface area (Å²) in [5.41, 5.74) is 3.34. The third kappa shape index (κ3) is 4.76. The first-order valence-electron chi connectivity index (χ1n) is 7.63. The lowest BCUT2D eigenvalue weighted by molar-refractivity contribution is -0.119. The van der Waals surface area contributed by atoms with Crippen LogP contribution in [0.4, 0.5) is 0 Å². The number of methoxy groups -OCH3 is 1. The number of benzene rings is 2. The molecule has 0 spiro atoms. The normalized spacial score (nSPS) is 11.8. The fraction of sp³-hybridized carbons (Fsp3) is 0.316. The highest BCUT2D eigenvalue weighted by molar-refractivity contribution is 8.00. The molecule has 4 heteroatoms. The molecule has 0 aliphatic heterocycles. The Morgan fingerprint density at radius 2 is 1.96 bits per heavy atom. The van der Waals surface area contributed by atoms with Gasteiger partial charge in [0.15, 0.2) is 0 Å². The molecule has 23 heavy (non-hydrogen) atoms. The maximum Gasteiger partial charge on any atom is 0.230 e. The second kappa shape index (κ2) is 8.06. The van der Waals surface area contributed by atoms with E-state index in [1.54, 1.807) is 18.9 Å². The molecule has 0 aliphatic rings. The van der Waals surface area contributed by atoms with Crippen molar-refractivity contribution in [3.05, 3.63) is 59.2 Å². The van der Waals surface area contributed by atoms with Crippen molar-refractivity contribution >= 4 is 17.7 Å². The van der Waals surface area contributed by atoms with Gasteiger partial charge < -0.3 is 10.1 Å². The molecule has 3 nitrogen and oxygen atoms in total. The average molecular weight is 329 g/mol. The third-order valence-electron chi connectivity index (χ3n) is 3.68. The van der Waals surface area contributed by atoms with Crippen molar-refractivity contribution in [2.24, 2.45) is 0 Å². The zero-order chi connectivity index (χ0) is 16.8. The molecule has 0 radical (unpaired) electrons. The molecule has 1 amide bonds. The van der Waals surface area contributed by atoms with Gasteiger partial charge in [-0.05, 0) is 38.5 Å². The van der Waals surface area contributed by atoms with Crippen LogP contribution in [0.2, 0.25) is 0 Å². The Hall–Kier alpha value is -1.94. The quantitative estimate of drug-likeness (QED) is 0.804. The molecule has 2 aromatic rings. The van der Waals surface area contributed by atoms with Gasteiger partial charge in [-0.15, -0.1) is 11.8 Å². The van der Waals surface area contributed by atoms with Gasteiger partial charge in [-0.3, -0.25) is 4.79 Å². The first kappa shape index (κ1) is 17.4. The standard InChI is InChI=1S/C19H23NO2S/c1-13-9-10-17(22-4)16(11-13)15(3)20-19(21)12-23-18-8-6-5-7-14(18)2/h5-11,15H,12H2,1-4H3,(H,20,21)/t15-/m0/s1. The number of thioether (sulfide) groups is 1. The van der Waals surface area contributed by atoms with Crippen molar-refractivity contribution in [2.45, 2.75) is 31.7 Å². The number of carbonyl (C=O) groups excluding carboxylic acids is 1. The molecule has 2 rings (SSSR count). The highest BCUT2D eigenvalue weighted by atomic mass is 32.2. The van der Waals surface area contributed by atoms with Gasteiger partial charge in [-0.2, -0.15) is 0 Å². The summed E-state index contributed by atoms with van der Waals surface area (Å²) in [5.74, 6) is 1.23. The highest BCUT2D eigenvalue weighted by Crippen LogP contribution is 2.26. The van der Waals surface area contributed by atoms with Crippen molar-refractivity contribution in [3.8, 4) is 5.75 Å². The lowest BCUT2D eigenvalue weighted by Gasteiger charge is -2.18. The summed E-state index contributed by atoms with van der Waals surface area (Å²) in [5, 5.41) is 3.05. The summed E-state index contributed by atoms with van der Waals surface area (Å²) in [6.07, 6.45) is 0. The minimum absolute atomic E-state index is 0.0225. The van der Waals surface area contributed by atoms with E-state index in [-0.39, 0.29) is 11.9 Å². The Kier molecular flexibility index (Phi) is 6.11. The maximum absolute atomic E-state index is 12.2. The second-order valence-electron chi connectivity index (χ2n) is 5.59. The Labute approximate surface area is 142 Å². The van der Waals surface area contributed by atoms with E-state index in [1.165, 1.54) is 5.56 Å². The first-order chi connectivity index (χ1) is 11.0. The van der Waals surface area contributed by atoms with Gasteiger partial charge >= 0.3 is 0 Å². The van der Waals surface area contributed by atoms with E-state index >= 15 is 0 Å². The first-order valence-corrected chi connectivity index (χ1v) is 8.62. The Morgan fingerprint density at radius 3 is 2.65 bits per heavy atom. The average Bonchev–Trinajstić information content (AvgIpc) is 2.54. The van der Waals surface area contributed by atoms with Gasteiger partial charge in [-0.25, -0.2) is 0 Å². The topological polar surface area (TPSA) is 38.3 Å². The van der Waals surface area contributed by atoms with Crippen molar-refractivity contribution < 1.29 is 9.53 Å². The SMILES string of the molecule is COc1ccc(C)cc1[C@H](C)NC(=O)CSc1ccccc1C. The molecule has 122 valence electrons. The summed E-state index contributed by atoms with van der Waals surface area (Å²) in [6, 6.07) is 14.0. The number of hydrogen-bond acceptors (Lipinski definition) is 3. The van der Waals surface area contributed by atoms with E-state index in [0.717, 1.165) is 21.8 Å². The second-order valence-corrected chi connectivity index (χ2v) is 6.61. The third-order valence-corrected chi connectivity index (χ3v) is 4.86. The van der Waals surface area contributed by atoms with Crippen LogP contribution in [-0.2, 0) is 4.79 Å². The minimum Gasteiger partial charge on any atom is -0.496 e. The smallest absolute Gasteiger partial charge is 0.230 e. The van der Waals surface area contributed by atoms with E-state index in [0.29, 0.717) is 5.75 Å². The summed E-state index contributed by atoms with van der Waals surface area (Å²) in [7, 11) is 1.65. The van der Waals surface area contributed by atoms with Crippen LogP contribution in [0.25, 0.3) is 0 Å². The number of ether oxygens (including phenoxy) is 1. The van der Waals surface area contributed by atoms with Crippen molar-refractivity contribution in [2.75, 3.05) is 12.9 Å². The Morgan fingerprint density at radius 1 is 1.22 bits per heavy atom. The van der Waals surface area contributed by atoms with E-state index in [2.05, 4.69) is 24.4 Å². The lowest BCUT2D eigenvalue weighted by atomic mass is 10.0. The molecule has 0 heterocycles. The predicted molar refractivity (Wildman–Crippen MR) is 96.2 cm³/mol. The van der Waals surface area contributed by atoms with Gasteiger partial charge in [0.2, 0.25) is 5.91 Å². The summed E-state index contributed by atoms with van der Waals surface area (Å²) < 4.78 is 5.39. The van der Waals surface area contributed by atoms with Crippen LogP contribution in [0.15, 0.2) is 47.4 Å². The van der Waals surface area contributed by atoms with Crippen LogP contribution in [0, 0.1) is 13.8 Å². The van der Waals surface area contributed by atoms with E-state index in [1.807, 2.05) is 44.2 Å². The molecule has 0 aliphatic carbocycles. The molecule has 2 aromatic carbocycles. The minimum atomic E-state index is -0.0881. The monoisotopic (exact) mass is 329 g/mol. The number of hydrogen-bond donors (Lipinski definition) is 1. The van der Waals surface area contributed by atoms with Crippen LogP contribution in [0.3, 0.4) is 0 Å². The molecule has 1 N–H and O–H groups in total. The van der Waals surface area contributed by atoms with E-state index in [4.69, 9.17) is 4.74 Å². The number of rotatable bonds is 6. The largest absolute Gasteiger partial charge is 0.496 e. The highest BCUT2D eigenvalue weighted by Gasteiger charge is 2.14. The zero-order valence-electron chi connectivity index (χ0n) is 14.1. The molecule has 0 saturated carbocycles. The molecule has 1 atom stereocenters. The lowest BCUT2D eigenvalue weighted by Crippen LogP contribution is -2.28. The van der Waals surface area contributed by atoms with Gasteiger partial charge in [0, 0.05) is 10.5 Å². The van der Waals surface area contributed by atoms with E-state index < -0.39 is 0 Å². The van der Waals surface area contributed by atoms with Gasteiger partial charge in [0.25, 0.3) is 0 Å². The van der Waals surface area contributed by atoms with Crippen LogP contribution >= 0.6 is 11.8 Å². The number of aryl methyl sites for hydroxylation is 2. The Bertz CT molecular complexity index is 685. The molecule has 0 fully saturated rings. The predicted octanol–water partition coefficient (Wildman–Crippen LogP) is 4.28. The fourth-order valence-electron chi connectivity index (χ4n) is 2.41. The maximum atomic E-state index is 12.2. The molecular formula is C19H23NO2S. The van der Waals surface area contributed by atoms with Crippen LogP contribution in [-0.4, -0.2) is 18.8 Å². The van der Waals surface area contributed by atoms with E-state index in [9.17, 15) is 4.79 Å². The van der Waals surface area contributed by atoms with Crippen molar-refractivity contribution in [3.63, 3.8) is 0 Å². The molecule has 0 unspecified atom stereocenters. The Balaban J connectivity index is 1.97. The molecule has 0 aromatic heterocycles. The molecule has 0 bridgehead atoms. The van der Waals surface area contributed by atoms with Gasteiger partial charge in [0.05, 0.1) is 18.9 Å². The van der Waals surface area contributed by atoms with Crippen LogP contribution in [0.1, 0.15) is 29.7 Å². The molecule has 0 saturated heterocycles. The van der Waals surface area contributed by atoms with Gasteiger partial charge in [0.1, 0.15) is 5.75 Å². The number of carbonyl (C=O) groups is 1. The molecular weight excluding hydrogens is 306 g/mol. The summed E-state index contributed by atoms with van der Waals surface area (Å²) in [6.45, 7) is 6.07. The van der Waals surface area contributed by atoms with Crippen molar-refractivity contribution in [1.82, 2.24) is 5.32 Å². The van der Waals surface area contributed by atoms with Gasteiger partial charge in [-0.1, -0.05) is 35.9 Å². The summed E-state index contributed by atoms with van der Waals surface area (Å²) >= 11 is 1.56.